The van der Waals surface area contributed by atoms with Crippen LogP contribution in [0.2, 0.25) is 0 Å². The SMILES string of the molecule is CN1C(=O)CO[C@H](C(=O)NCc2ccncc2)[C@H]1c1ccccc1. The van der Waals surface area contributed by atoms with Crippen molar-refractivity contribution in [3.63, 3.8) is 0 Å². The summed E-state index contributed by atoms with van der Waals surface area (Å²) in [5.74, 6) is -0.373. The summed E-state index contributed by atoms with van der Waals surface area (Å²) in [5, 5.41) is 2.87. The van der Waals surface area contributed by atoms with Gasteiger partial charge in [0.15, 0.2) is 6.10 Å². The van der Waals surface area contributed by atoms with Gasteiger partial charge in [-0.15, -0.1) is 0 Å². The summed E-state index contributed by atoms with van der Waals surface area (Å²) in [6.45, 7) is 0.299. The Kier molecular flexibility index (Phi) is 4.86. The molecule has 2 aromatic rings. The third-order valence-corrected chi connectivity index (χ3v) is 4.10. The highest BCUT2D eigenvalue weighted by atomic mass is 16.5. The van der Waals surface area contributed by atoms with Crippen LogP contribution in [0.3, 0.4) is 0 Å². The average molecular weight is 325 g/mol. The Labute approximate surface area is 140 Å². The number of rotatable bonds is 4. The van der Waals surface area contributed by atoms with Gasteiger partial charge in [0.1, 0.15) is 6.61 Å². The van der Waals surface area contributed by atoms with E-state index in [1.807, 2.05) is 42.5 Å². The van der Waals surface area contributed by atoms with Crippen molar-refractivity contribution < 1.29 is 14.3 Å². The van der Waals surface area contributed by atoms with Gasteiger partial charge >= 0.3 is 0 Å². The number of carbonyl (C=O) groups excluding carboxylic acids is 2. The van der Waals surface area contributed by atoms with Crippen LogP contribution < -0.4 is 5.32 Å². The van der Waals surface area contributed by atoms with E-state index in [9.17, 15) is 9.59 Å². The highest BCUT2D eigenvalue weighted by molar-refractivity contribution is 5.86. The van der Waals surface area contributed by atoms with Crippen LogP contribution in [0.15, 0.2) is 54.9 Å². The van der Waals surface area contributed by atoms with Crippen LogP contribution in [0.1, 0.15) is 17.2 Å². The zero-order valence-electron chi connectivity index (χ0n) is 13.4. The van der Waals surface area contributed by atoms with Crippen LogP contribution in [0.25, 0.3) is 0 Å². The second kappa shape index (κ2) is 7.23. The van der Waals surface area contributed by atoms with Gasteiger partial charge < -0.3 is 15.0 Å². The third kappa shape index (κ3) is 3.44. The molecule has 24 heavy (non-hydrogen) atoms. The zero-order valence-corrected chi connectivity index (χ0v) is 13.4. The van der Waals surface area contributed by atoms with E-state index in [4.69, 9.17) is 4.74 Å². The van der Waals surface area contributed by atoms with Crippen LogP contribution in [0.4, 0.5) is 0 Å². The molecule has 2 heterocycles. The molecule has 0 spiro atoms. The lowest BCUT2D eigenvalue weighted by Gasteiger charge is -2.38. The van der Waals surface area contributed by atoms with E-state index in [1.165, 1.54) is 0 Å². The molecule has 0 radical (unpaired) electrons. The molecule has 6 heteroatoms. The third-order valence-electron chi connectivity index (χ3n) is 4.10. The standard InChI is InChI=1S/C18H19N3O3/c1-21-15(22)12-24-17(16(21)14-5-3-2-4-6-14)18(23)20-11-13-7-9-19-10-8-13/h2-10,16-17H,11-12H2,1H3,(H,20,23)/t16-,17+/m1/s1. The molecule has 1 fully saturated rings. The van der Waals surface area contributed by atoms with Crippen molar-refractivity contribution >= 4 is 11.8 Å². The van der Waals surface area contributed by atoms with Gasteiger partial charge in [0.25, 0.3) is 5.91 Å². The molecule has 1 aromatic carbocycles. The van der Waals surface area contributed by atoms with E-state index in [-0.39, 0.29) is 18.4 Å². The van der Waals surface area contributed by atoms with Gasteiger partial charge in [0.05, 0.1) is 6.04 Å². The Hall–Kier alpha value is -2.73. The molecule has 124 valence electrons. The molecule has 1 aliphatic rings. The molecular weight excluding hydrogens is 306 g/mol. The molecule has 0 bridgehead atoms. The number of carbonyl (C=O) groups is 2. The number of amides is 2. The highest BCUT2D eigenvalue weighted by Crippen LogP contribution is 2.29. The Morgan fingerprint density at radius 1 is 1.25 bits per heavy atom. The predicted molar refractivity (Wildman–Crippen MR) is 87.8 cm³/mol. The van der Waals surface area contributed by atoms with Crippen LogP contribution in [0, 0.1) is 0 Å². The molecule has 2 amide bonds. The average Bonchev–Trinajstić information content (AvgIpc) is 2.63. The first-order chi connectivity index (χ1) is 11.7. The summed E-state index contributed by atoms with van der Waals surface area (Å²) in [4.78, 5) is 30.1. The van der Waals surface area contributed by atoms with Gasteiger partial charge in [-0.3, -0.25) is 14.6 Å². The van der Waals surface area contributed by atoms with Crippen molar-refractivity contribution in [3.8, 4) is 0 Å². The summed E-state index contributed by atoms with van der Waals surface area (Å²) < 4.78 is 5.56. The normalized spacial score (nSPS) is 20.7. The topological polar surface area (TPSA) is 71.5 Å². The Balaban J connectivity index is 1.76. The number of ether oxygens (including phenoxy) is 1. The first-order valence-corrected chi connectivity index (χ1v) is 7.75. The molecule has 1 aromatic heterocycles. The first-order valence-electron chi connectivity index (χ1n) is 7.75. The van der Waals surface area contributed by atoms with Crippen LogP contribution >= 0.6 is 0 Å². The fourth-order valence-electron chi connectivity index (χ4n) is 2.77. The molecule has 0 aliphatic carbocycles. The van der Waals surface area contributed by atoms with E-state index in [2.05, 4.69) is 10.3 Å². The van der Waals surface area contributed by atoms with Gasteiger partial charge in [-0.05, 0) is 23.3 Å². The zero-order chi connectivity index (χ0) is 16.9. The highest BCUT2D eigenvalue weighted by Gasteiger charge is 2.39. The summed E-state index contributed by atoms with van der Waals surface area (Å²) >= 11 is 0. The van der Waals surface area contributed by atoms with E-state index in [0.717, 1.165) is 11.1 Å². The summed E-state index contributed by atoms with van der Waals surface area (Å²) in [6, 6.07) is 12.7. The molecule has 1 saturated heterocycles. The van der Waals surface area contributed by atoms with Crippen molar-refractivity contribution in [2.45, 2.75) is 18.7 Å². The number of nitrogens with zero attached hydrogens (tertiary/aromatic N) is 2. The molecule has 0 saturated carbocycles. The van der Waals surface area contributed by atoms with Gasteiger partial charge in [-0.25, -0.2) is 0 Å². The summed E-state index contributed by atoms with van der Waals surface area (Å²) in [6.07, 6.45) is 2.62. The Morgan fingerprint density at radius 2 is 1.96 bits per heavy atom. The fourth-order valence-corrected chi connectivity index (χ4v) is 2.77. The maximum absolute atomic E-state index is 12.6. The minimum atomic E-state index is -0.739. The minimum absolute atomic E-state index is 0.0901. The lowest BCUT2D eigenvalue weighted by Crippen LogP contribution is -2.52. The van der Waals surface area contributed by atoms with Gasteiger partial charge in [-0.1, -0.05) is 30.3 Å². The van der Waals surface area contributed by atoms with Crippen molar-refractivity contribution in [1.29, 1.82) is 0 Å². The van der Waals surface area contributed by atoms with E-state index in [0.29, 0.717) is 6.54 Å². The molecule has 1 aliphatic heterocycles. The van der Waals surface area contributed by atoms with Crippen LogP contribution in [0.5, 0.6) is 0 Å². The van der Waals surface area contributed by atoms with Crippen LogP contribution in [-0.4, -0.2) is 41.5 Å². The Morgan fingerprint density at radius 3 is 2.67 bits per heavy atom. The van der Waals surface area contributed by atoms with E-state index >= 15 is 0 Å². The van der Waals surface area contributed by atoms with Gasteiger partial charge in [-0.2, -0.15) is 0 Å². The number of nitrogens with one attached hydrogen (secondary N) is 1. The van der Waals surface area contributed by atoms with Gasteiger partial charge in [0, 0.05) is 26.0 Å². The summed E-state index contributed by atoms with van der Waals surface area (Å²) in [5.41, 5.74) is 1.83. The summed E-state index contributed by atoms with van der Waals surface area (Å²) in [7, 11) is 1.70. The molecule has 6 nitrogen and oxygen atoms in total. The first kappa shape index (κ1) is 16.1. The fraction of sp³-hybridized carbons (Fsp3) is 0.278. The quantitative estimate of drug-likeness (QED) is 0.920. The van der Waals surface area contributed by atoms with E-state index in [1.54, 1.807) is 24.3 Å². The number of hydrogen-bond donors (Lipinski definition) is 1. The molecule has 0 unspecified atom stereocenters. The lowest BCUT2D eigenvalue weighted by molar-refractivity contribution is -0.162. The number of pyridine rings is 1. The number of likely N-dealkylation sites (N-methyl/N-ethyl adjacent to an activating group) is 1. The number of benzene rings is 1. The second-order valence-corrected chi connectivity index (χ2v) is 5.67. The molecule has 2 atom stereocenters. The predicted octanol–water partition coefficient (Wildman–Crippen LogP) is 1.30. The van der Waals surface area contributed by atoms with Crippen molar-refractivity contribution in [3.05, 3.63) is 66.0 Å². The lowest BCUT2D eigenvalue weighted by atomic mass is 9.97. The largest absolute Gasteiger partial charge is 0.356 e. The smallest absolute Gasteiger partial charge is 0.251 e. The van der Waals surface area contributed by atoms with Crippen molar-refractivity contribution in [2.75, 3.05) is 13.7 Å². The molecular formula is C18H19N3O3. The maximum Gasteiger partial charge on any atom is 0.251 e. The second-order valence-electron chi connectivity index (χ2n) is 5.67. The molecule has 3 rings (SSSR count). The number of morpholine rings is 1. The van der Waals surface area contributed by atoms with Crippen LogP contribution in [-0.2, 0) is 20.9 Å². The monoisotopic (exact) mass is 325 g/mol. The van der Waals surface area contributed by atoms with Crippen molar-refractivity contribution in [1.82, 2.24) is 15.2 Å². The van der Waals surface area contributed by atoms with Gasteiger partial charge in [0.2, 0.25) is 5.91 Å². The maximum atomic E-state index is 12.6. The number of aromatic nitrogens is 1. The van der Waals surface area contributed by atoms with Crippen molar-refractivity contribution in [2.24, 2.45) is 0 Å². The number of hydrogen-bond acceptors (Lipinski definition) is 4. The van der Waals surface area contributed by atoms with E-state index < -0.39 is 12.1 Å². The Bertz CT molecular complexity index is 706. The molecule has 1 N–H and O–H groups in total. The minimum Gasteiger partial charge on any atom is -0.356 e.